The number of hydrogen-bond acceptors (Lipinski definition) is 2. The van der Waals surface area contributed by atoms with Crippen LogP contribution in [-0.2, 0) is 6.42 Å². The monoisotopic (exact) mass is 243 g/mol. The molecule has 3 nitrogen and oxygen atoms in total. The van der Waals surface area contributed by atoms with Gasteiger partial charge >= 0.3 is 0 Å². The molecule has 0 saturated carbocycles. The summed E-state index contributed by atoms with van der Waals surface area (Å²) in [5.41, 5.74) is 1.13. The first-order valence-corrected chi connectivity index (χ1v) is 6.32. The van der Waals surface area contributed by atoms with E-state index in [9.17, 15) is 0 Å². The second-order valence-corrected chi connectivity index (χ2v) is 5.23. The van der Waals surface area contributed by atoms with Crippen LogP contribution in [0.5, 0.6) is 0 Å². The molecule has 0 aliphatic rings. The molecule has 4 heteroatoms. The maximum atomic E-state index is 6.12. The Hall–Kier alpha value is -0.540. The van der Waals surface area contributed by atoms with Gasteiger partial charge in [0.1, 0.15) is 0 Å². The number of nitrogens with one attached hydrogen (secondary N) is 1. The van der Waals surface area contributed by atoms with Gasteiger partial charge in [-0.1, -0.05) is 25.4 Å². The standard InChI is InChI=1S/C12H22ClN3/c1-9(2)7-14-6-5-12-11(13)8-15-16(12)10(3)4/h8-10,14H,5-7H2,1-4H3. The van der Waals surface area contributed by atoms with Crippen molar-refractivity contribution in [2.45, 2.75) is 40.2 Å². The summed E-state index contributed by atoms with van der Waals surface area (Å²) in [4.78, 5) is 0. The van der Waals surface area contributed by atoms with Crippen molar-refractivity contribution < 1.29 is 0 Å². The highest BCUT2D eigenvalue weighted by Crippen LogP contribution is 2.18. The van der Waals surface area contributed by atoms with Crippen LogP contribution in [0.3, 0.4) is 0 Å². The Morgan fingerprint density at radius 2 is 2.06 bits per heavy atom. The summed E-state index contributed by atoms with van der Waals surface area (Å²) in [5.74, 6) is 0.686. The normalized spacial score (nSPS) is 11.7. The largest absolute Gasteiger partial charge is 0.316 e. The maximum absolute atomic E-state index is 6.12. The number of rotatable bonds is 6. The Morgan fingerprint density at radius 1 is 1.38 bits per heavy atom. The Labute approximate surface area is 103 Å². The third-order valence-electron chi connectivity index (χ3n) is 2.43. The van der Waals surface area contributed by atoms with E-state index >= 15 is 0 Å². The van der Waals surface area contributed by atoms with Crippen molar-refractivity contribution in [3.05, 3.63) is 16.9 Å². The Morgan fingerprint density at radius 3 is 2.62 bits per heavy atom. The first-order valence-electron chi connectivity index (χ1n) is 5.95. The highest BCUT2D eigenvalue weighted by atomic mass is 35.5. The fourth-order valence-electron chi connectivity index (χ4n) is 1.64. The van der Waals surface area contributed by atoms with Crippen LogP contribution in [0.25, 0.3) is 0 Å². The van der Waals surface area contributed by atoms with Crippen molar-refractivity contribution in [3.63, 3.8) is 0 Å². The van der Waals surface area contributed by atoms with Gasteiger partial charge in [0.15, 0.2) is 0 Å². The predicted octanol–water partition coefficient (Wildman–Crippen LogP) is 2.91. The smallest absolute Gasteiger partial charge is 0.0818 e. The van der Waals surface area contributed by atoms with Crippen molar-refractivity contribution in [2.24, 2.45) is 5.92 Å². The summed E-state index contributed by atoms with van der Waals surface area (Å²) in [6.45, 7) is 10.7. The summed E-state index contributed by atoms with van der Waals surface area (Å²) >= 11 is 6.12. The van der Waals surface area contributed by atoms with Crippen LogP contribution in [0, 0.1) is 5.92 Å². The minimum Gasteiger partial charge on any atom is -0.316 e. The van der Waals surface area contributed by atoms with Gasteiger partial charge in [0.2, 0.25) is 0 Å². The molecule has 92 valence electrons. The SMILES string of the molecule is CC(C)CNCCc1c(Cl)cnn1C(C)C. The lowest BCUT2D eigenvalue weighted by molar-refractivity contribution is 0.496. The van der Waals surface area contributed by atoms with Crippen LogP contribution in [0.4, 0.5) is 0 Å². The number of halogens is 1. The van der Waals surface area contributed by atoms with E-state index in [0.29, 0.717) is 12.0 Å². The lowest BCUT2D eigenvalue weighted by Gasteiger charge is -2.12. The molecule has 0 radical (unpaired) electrons. The van der Waals surface area contributed by atoms with Crippen molar-refractivity contribution in [1.29, 1.82) is 0 Å². The fourth-order valence-corrected chi connectivity index (χ4v) is 1.87. The summed E-state index contributed by atoms with van der Waals surface area (Å²) in [6, 6.07) is 0.368. The molecule has 0 saturated heterocycles. The molecule has 0 spiro atoms. The first-order chi connectivity index (χ1) is 7.52. The zero-order valence-electron chi connectivity index (χ0n) is 10.6. The van der Waals surface area contributed by atoms with Gasteiger partial charge in [-0.25, -0.2) is 0 Å². The predicted molar refractivity (Wildman–Crippen MR) is 69.0 cm³/mol. The minimum absolute atomic E-state index is 0.368. The van der Waals surface area contributed by atoms with Crippen LogP contribution >= 0.6 is 11.6 Å². The fraction of sp³-hybridized carbons (Fsp3) is 0.750. The molecule has 0 unspecified atom stereocenters. The van der Waals surface area contributed by atoms with Crippen LogP contribution in [0.1, 0.15) is 39.4 Å². The molecule has 1 heterocycles. The van der Waals surface area contributed by atoms with Gasteiger partial charge in [-0.05, 0) is 26.3 Å². The van der Waals surface area contributed by atoms with Crippen molar-refractivity contribution in [3.8, 4) is 0 Å². The Balaban J connectivity index is 2.49. The summed E-state index contributed by atoms with van der Waals surface area (Å²) in [7, 11) is 0. The summed E-state index contributed by atoms with van der Waals surface area (Å²) < 4.78 is 2.00. The second-order valence-electron chi connectivity index (χ2n) is 4.83. The average Bonchev–Trinajstić information content (AvgIpc) is 2.54. The van der Waals surface area contributed by atoms with Crippen LogP contribution in [0.2, 0.25) is 5.02 Å². The molecule has 1 rings (SSSR count). The molecule has 0 bridgehead atoms. The molecule has 0 amide bonds. The Kier molecular flexibility index (Phi) is 5.29. The molecular formula is C12H22ClN3. The van der Waals surface area contributed by atoms with Gasteiger partial charge in [-0.3, -0.25) is 4.68 Å². The van der Waals surface area contributed by atoms with E-state index < -0.39 is 0 Å². The molecule has 0 aliphatic heterocycles. The quantitative estimate of drug-likeness (QED) is 0.779. The molecule has 1 aromatic heterocycles. The van der Waals surface area contributed by atoms with E-state index in [4.69, 9.17) is 11.6 Å². The maximum Gasteiger partial charge on any atom is 0.0818 e. The van der Waals surface area contributed by atoms with Gasteiger partial charge in [-0.2, -0.15) is 5.10 Å². The topological polar surface area (TPSA) is 29.9 Å². The molecule has 0 aromatic carbocycles. The second kappa shape index (κ2) is 6.26. The van der Waals surface area contributed by atoms with E-state index in [1.807, 2.05) is 4.68 Å². The van der Waals surface area contributed by atoms with Crippen LogP contribution in [-0.4, -0.2) is 22.9 Å². The minimum atomic E-state index is 0.368. The third kappa shape index (κ3) is 3.80. The van der Waals surface area contributed by atoms with Gasteiger partial charge in [0, 0.05) is 19.0 Å². The number of nitrogens with zero attached hydrogens (tertiary/aromatic N) is 2. The van der Waals surface area contributed by atoms with Crippen LogP contribution < -0.4 is 5.32 Å². The van der Waals surface area contributed by atoms with E-state index in [1.165, 1.54) is 0 Å². The highest BCUT2D eigenvalue weighted by Gasteiger charge is 2.10. The van der Waals surface area contributed by atoms with Crippen LogP contribution in [0.15, 0.2) is 6.20 Å². The lowest BCUT2D eigenvalue weighted by Crippen LogP contribution is -2.23. The zero-order valence-corrected chi connectivity index (χ0v) is 11.4. The lowest BCUT2D eigenvalue weighted by atomic mass is 10.2. The van der Waals surface area contributed by atoms with Gasteiger partial charge in [0.25, 0.3) is 0 Å². The highest BCUT2D eigenvalue weighted by molar-refractivity contribution is 6.31. The molecule has 16 heavy (non-hydrogen) atoms. The van der Waals surface area contributed by atoms with E-state index in [0.717, 1.165) is 30.2 Å². The van der Waals surface area contributed by atoms with Gasteiger partial charge in [0.05, 0.1) is 16.9 Å². The molecule has 1 N–H and O–H groups in total. The molecule has 0 aliphatic carbocycles. The van der Waals surface area contributed by atoms with E-state index in [1.54, 1.807) is 6.20 Å². The van der Waals surface area contributed by atoms with Crippen molar-refractivity contribution >= 4 is 11.6 Å². The van der Waals surface area contributed by atoms with E-state index in [-0.39, 0.29) is 0 Å². The van der Waals surface area contributed by atoms with Gasteiger partial charge in [-0.15, -0.1) is 0 Å². The number of aromatic nitrogens is 2. The van der Waals surface area contributed by atoms with Crippen molar-refractivity contribution in [1.82, 2.24) is 15.1 Å². The molecular weight excluding hydrogens is 222 g/mol. The third-order valence-corrected chi connectivity index (χ3v) is 2.74. The number of hydrogen-bond donors (Lipinski definition) is 1. The molecule has 1 aromatic rings. The summed E-state index contributed by atoms with van der Waals surface area (Å²) in [6.07, 6.45) is 2.67. The molecule has 0 fully saturated rings. The average molecular weight is 244 g/mol. The summed E-state index contributed by atoms with van der Waals surface area (Å²) in [5, 5.41) is 8.48. The zero-order chi connectivity index (χ0) is 12.1. The Bertz CT molecular complexity index is 318. The van der Waals surface area contributed by atoms with E-state index in [2.05, 4.69) is 38.1 Å². The molecule has 0 atom stereocenters. The van der Waals surface area contributed by atoms with Crippen molar-refractivity contribution in [2.75, 3.05) is 13.1 Å². The first kappa shape index (κ1) is 13.5. The van der Waals surface area contributed by atoms with Gasteiger partial charge < -0.3 is 5.32 Å².